The predicted molar refractivity (Wildman–Crippen MR) is 84.4 cm³/mol. The van der Waals surface area contributed by atoms with Gasteiger partial charge in [0.2, 0.25) is 15.0 Å². The van der Waals surface area contributed by atoms with Crippen molar-refractivity contribution >= 4 is 21.4 Å². The summed E-state index contributed by atoms with van der Waals surface area (Å²) >= 11 is 6.20. The first-order chi connectivity index (χ1) is 10.4. The largest absolute Gasteiger partial charge is 0.294 e. The molecule has 116 valence electrons. The van der Waals surface area contributed by atoms with Gasteiger partial charge in [-0.05, 0) is 11.6 Å². The average molecular weight is 338 g/mol. The molecule has 0 saturated heterocycles. The van der Waals surface area contributed by atoms with Gasteiger partial charge in [0.15, 0.2) is 0 Å². The molecule has 0 aliphatic carbocycles. The lowest BCUT2D eigenvalue weighted by molar-refractivity contribution is 0.242. The number of aromatic nitrogens is 2. The van der Waals surface area contributed by atoms with E-state index in [9.17, 15) is 8.42 Å². The fraction of sp³-hybridized carbons (Fsp3) is 0.333. The lowest BCUT2D eigenvalue weighted by Gasteiger charge is -2.28. The molecular weight excluding hydrogens is 322 g/mol. The number of hydrogen-bond donors (Lipinski definition) is 0. The van der Waals surface area contributed by atoms with Gasteiger partial charge in [-0.1, -0.05) is 29.8 Å². The van der Waals surface area contributed by atoms with Crippen LogP contribution < -0.4 is 0 Å². The van der Waals surface area contributed by atoms with Crippen molar-refractivity contribution in [2.24, 2.45) is 0 Å². The Morgan fingerprint density at radius 2 is 2.09 bits per heavy atom. The third-order valence-corrected chi connectivity index (χ3v) is 4.90. The molecule has 0 atom stereocenters. The fourth-order valence-electron chi connectivity index (χ4n) is 2.54. The summed E-state index contributed by atoms with van der Waals surface area (Å²) in [5.41, 5.74) is 2.89. The maximum Gasteiger partial charge on any atom is 0.246 e. The number of fused-ring (bicyclic) bond motifs is 1. The van der Waals surface area contributed by atoms with Gasteiger partial charge in [-0.2, -0.15) is 0 Å². The van der Waals surface area contributed by atoms with Crippen LogP contribution in [0.15, 0.2) is 35.6 Å². The molecule has 3 rings (SSSR count). The highest BCUT2D eigenvalue weighted by molar-refractivity contribution is 7.90. The van der Waals surface area contributed by atoms with E-state index in [-0.39, 0.29) is 5.16 Å². The van der Waals surface area contributed by atoms with E-state index in [0.29, 0.717) is 13.0 Å². The van der Waals surface area contributed by atoms with Gasteiger partial charge < -0.3 is 0 Å². The maximum atomic E-state index is 11.5. The van der Waals surface area contributed by atoms with Crippen molar-refractivity contribution in [2.75, 3.05) is 12.8 Å². The van der Waals surface area contributed by atoms with Crippen molar-refractivity contribution < 1.29 is 8.42 Å². The van der Waals surface area contributed by atoms with Crippen LogP contribution in [-0.2, 0) is 29.3 Å². The molecule has 0 bridgehead atoms. The van der Waals surface area contributed by atoms with Crippen molar-refractivity contribution in [3.05, 3.63) is 52.3 Å². The Labute approximate surface area is 134 Å². The molecule has 1 aromatic heterocycles. The van der Waals surface area contributed by atoms with E-state index in [0.717, 1.165) is 41.2 Å². The first-order valence-corrected chi connectivity index (χ1v) is 9.21. The SMILES string of the molecule is CS(=O)(=O)c1ncc2c(n1)CCN(Cc1ccccc1Cl)C2. The third kappa shape index (κ3) is 3.29. The average Bonchev–Trinajstić information content (AvgIpc) is 2.48. The topological polar surface area (TPSA) is 63.2 Å². The molecule has 0 spiro atoms. The predicted octanol–water partition coefficient (Wildman–Crippen LogP) is 2.09. The second-order valence-electron chi connectivity index (χ2n) is 5.45. The van der Waals surface area contributed by atoms with E-state index in [1.165, 1.54) is 0 Å². The zero-order chi connectivity index (χ0) is 15.7. The Bertz CT molecular complexity index is 808. The first kappa shape index (κ1) is 15.4. The van der Waals surface area contributed by atoms with Crippen molar-refractivity contribution in [1.82, 2.24) is 14.9 Å². The number of halogens is 1. The van der Waals surface area contributed by atoms with E-state index < -0.39 is 9.84 Å². The molecule has 0 unspecified atom stereocenters. The van der Waals surface area contributed by atoms with Gasteiger partial charge in [0.25, 0.3) is 0 Å². The zero-order valence-electron chi connectivity index (χ0n) is 12.2. The van der Waals surface area contributed by atoms with E-state index in [1.807, 2.05) is 24.3 Å². The second kappa shape index (κ2) is 5.95. The van der Waals surface area contributed by atoms with E-state index in [4.69, 9.17) is 11.6 Å². The van der Waals surface area contributed by atoms with Crippen LogP contribution >= 0.6 is 11.6 Å². The van der Waals surface area contributed by atoms with Gasteiger partial charge in [-0.25, -0.2) is 18.4 Å². The minimum absolute atomic E-state index is 0.0918. The van der Waals surface area contributed by atoms with E-state index in [2.05, 4.69) is 14.9 Å². The Hall–Kier alpha value is -1.50. The van der Waals surface area contributed by atoms with Crippen molar-refractivity contribution in [2.45, 2.75) is 24.7 Å². The quantitative estimate of drug-likeness (QED) is 0.802. The summed E-state index contributed by atoms with van der Waals surface area (Å²) in [6, 6.07) is 7.79. The number of hydrogen-bond acceptors (Lipinski definition) is 5. The summed E-state index contributed by atoms with van der Waals surface area (Å²) in [4.78, 5) is 10.4. The molecule has 0 N–H and O–H groups in total. The second-order valence-corrected chi connectivity index (χ2v) is 7.77. The van der Waals surface area contributed by atoms with Gasteiger partial charge in [0, 0.05) is 49.1 Å². The summed E-state index contributed by atoms with van der Waals surface area (Å²) in [6.07, 6.45) is 3.46. The van der Waals surface area contributed by atoms with Gasteiger partial charge in [0.05, 0.1) is 5.69 Å². The van der Waals surface area contributed by atoms with Crippen LogP contribution in [0.5, 0.6) is 0 Å². The molecule has 1 aliphatic heterocycles. The van der Waals surface area contributed by atoms with Crippen LogP contribution in [0.4, 0.5) is 0 Å². The lowest BCUT2D eigenvalue weighted by Crippen LogP contribution is -2.31. The lowest BCUT2D eigenvalue weighted by atomic mass is 10.1. The molecule has 7 heteroatoms. The van der Waals surface area contributed by atoms with Gasteiger partial charge >= 0.3 is 0 Å². The minimum atomic E-state index is -3.36. The molecule has 0 saturated carbocycles. The first-order valence-electron chi connectivity index (χ1n) is 6.94. The monoisotopic (exact) mass is 337 g/mol. The van der Waals surface area contributed by atoms with E-state index in [1.54, 1.807) is 6.20 Å². The standard InChI is InChI=1S/C15H16ClN3O2S/c1-22(20,21)15-17-8-12-10-19(7-6-14(12)18-15)9-11-4-2-3-5-13(11)16/h2-5,8H,6-7,9-10H2,1H3. The Balaban J connectivity index is 1.79. The molecule has 2 aromatic rings. The molecule has 0 radical (unpaired) electrons. The van der Waals surface area contributed by atoms with E-state index >= 15 is 0 Å². The highest BCUT2D eigenvalue weighted by atomic mass is 35.5. The van der Waals surface area contributed by atoms with Gasteiger partial charge in [-0.3, -0.25) is 4.90 Å². The molecular formula is C15H16ClN3O2S. The van der Waals surface area contributed by atoms with Crippen LogP contribution in [-0.4, -0.2) is 36.1 Å². The summed E-state index contributed by atoms with van der Waals surface area (Å²) in [6.45, 7) is 2.27. The Morgan fingerprint density at radius 3 is 2.82 bits per heavy atom. The highest BCUT2D eigenvalue weighted by Gasteiger charge is 2.21. The fourth-order valence-corrected chi connectivity index (χ4v) is 3.25. The van der Waals surface area contributed by atoms with Gasteiger partial charge in [0.1, 0.15) is 0 Å². The molecule has 0 amide bonds. The summed E-state index contributed by atoms with van der Waals surface area (Å²) < 4.78 is 23.0. The van der Waals surface area contributed by atoms with Gasteiger partial charge in [-0.15, -0.1) is 0 Å². The zero-order valence-corrected chi connectivity index (χ0v) is 13.7. The number of benzene rings is 1. The third-order valence-electron chi connectivity index (χ3n) is 3.67. The minimum Gasteiger partial charge on any atom is -0.294 e. The van der Waals surface area contributed by atoms with Crippen molar-refractivity contribution in [1.29, 1.82) is 0 Å². The van der Waals surface area contributed by atoms with Crippen LogP contribution in [0.2, 0.25) is 5.02 Å². The Morgan fingerprint density at radius 1 is 1.32 bits per heavy atom. The van der Waals surface area contributed by atoms with Crippen molar-refractivity contribution in [3.8, 4) is 0 Å². The smallest absolute Gasteiger partial charge is 0.246 e. The summed E-state index contributed by atoms with van der Waals surface area (Å²) in [5, 5.41) is 0.669. The molecule has 1 aliphatic rings. The summed E-state index contributed by atoms with van der Waals surface area (Å²) in [7, 11) is -3.36. The molecule has 0 fully saturated rings. The molecule has 1 aromatic carbocycles. The van der Waals surface area contributed by atoms with Crippen LogP contribution in [0, 0.1) is 0 Å². The molecule has 2 heterocycles. The highest BCUT2D eigenvalue weighted by Crippen LogP contribution is 2.22. The number of nitrogens with zero attached hydrogens (tertiary/aromatic N) is 3. The number of sulfone groups is 1. The summed E-state index contributed by atoms with van der Waals surface area (Å²) in [5.74, 6) is 0. The van der Waals surface area contributed by atoms with Crippen LogP contribution in [0.1, 0.15) is 16.8 Å². The Kier molecular flexibility index (Phi) is 4.16. The van der Waals surface area contributed by atoms with Crippen LogP contribution in [0.3, 0.4) is 0 Å². The van der Waals surface area contributed by atoms with Crippen LogP contribution in [0.25, 0.3) is 0 Å². The maximum absolute atomic E-state index is 11.5. The molecule has 22 heavy (non-hydrogen) atoms. The number of rotatable bonds is 3. The normalized spacial score (nSPS) is 15.5. The molecule has 5 nitrogen and oxygen atoms in total. The van der Waals surface area contributed by atoms with Crippen molar-refractivity contribution in [3.63, 3.8) is 0 Å².